The third-order valence-corrected chi connectivity index (χ3v) is 4.99. The van der Waals surface area contributed by atoms with Crippen LogP contribution in [-0.2, 0) is 0 Å². The van der Waals surface area contributed by atoms with Crippen molar-refractivity contribution in [2.75, 3.05) is 0 Å². The molecule has 1 nitrogen and oxygen atoms in total. The van der Waals surface area contributed by atoms with Gasteiger partial charge in [0.2, 0.25) is 0 Å². The van der Waals surface area contributed by atoms with Crippen molar-refractivity contribution in [2.24, 2.45) is 0 Å². The van der Waals surface area contributed by atoms with E-state index in [-0.39, 0.29) is 10.0 Å². The van der Waals surface area contributed by atoms with Gasteiger partial charge in [0.25, 0.3) is 0 Å². The molecule has 5 heteroatoms. The van der Waals surface area contributed by atoms with Crippen molar-refractivity contribution in [1.82, 2.24) is 0 Å². The first-order valence-electron chi connectivity index (χ1n) is 5.91. The first-order chi connectivity index (χ1) is 9.32. The zero-order valence-corrected chi connectivity index (χ0v) is 14.0. The number of hydrogen-bond donors (Lipinski definition) is 1. The van der Waals surface area contributed by atoms with Gasteiger partial charge in [-0.15, -0.1) is 0 Å². The molecular formula is C15H12Br2F2O. The van der Waals surface area contributed by atoms with Crippen molar-refractivity contribution in [2.45, 2.75) is 20.0 Å². The van der Waals surface area contributed by atoms with E-state index < -0.39 is 17.7 Å². The van der Waals surface area contributed by atoms with Gasteiger partial charge in [0.15, 0.2) is 0 Å². The highest BCUT2D eigenvalue weighted by atomic mass is 79.9. The van der Waals surface area contributed by atoms with E-state index in [2.05, 4.69) is 31.9 Å². The number of benzene rings is 2. The Kier molecular flexibility index (Phi) is 4.62. The maximum Gasteiger partial charge on any atom is 0.146 e. The van der Waals surface area contributed by atoms with Crippen LogP contribution in [0.1, 0.15) is 28.4 Å². The molecule has 106 valence electrons. The Balaban J connectivity index is 2.57. The van der Waals surface area contributed by atoms with E-state index in [0.717, 1.165) is 21.7 Å². The normalized spacial score (nSPS) is 12.6. The van der Waals surface area contributed by atoms with Crippen LogP contribution in [-0.4, -0.2) is 5.11 Å². The van der Waals surface area contributed by atoms with Gasteiger partial charge in [0.1, 0.15) is 17.7 Å². The van der Waals surface area contributed by atoms with Crippen LogP contribution in [0.3, 0.4) is 0 Å². The zero-order chi connectivity index (χ0) is 15.0. The van der Waals surface area contributed by atoms with Crippen molar-refractivity contribution in [3.8, 4) is 0 Å². The van der Waals surface area contributed by atoms with Crippen molar-refractivity contribution in [3.63, 3.8) is 0 Å². The summed E-state index contributed by atoms with van der Waals surface area (Å²) in [7, 11) is 0. The Labute approximate surface area is 132 Å². The van der Waals surface area contributed by atoms with Crippen molar-refractivity contribution < 1.29 is 13.9 Å². The van der Waals surface area contributed by atoms with Crippen LogP contribution in [0.15, 0.2) is 33.2 Å². The lowest BCUT2D eigenvalue weighted by atomic mass is 9.97. The van der Waals surface area contributed by atoms with Crippen LogP contribution in [0, 0.1) is 25.5 Å². The summed E-state index contributed by atoms with van der Waals surface area (Å²) in [6, 6.07) is 5.83. The van der Waals surface area contributed by atoms with Gasteiger partial charge in [-0.25, -0.2) is 8.78 Å². The molecule has 1 atom stereocenters. The van der Waals surface area contributed by atoms with E-state index in [4.69, 9.17) is 0 Å². The molecule has 2 rings (SSSR count). The summed E-state index contributed by atoms with van der Waals surface area (Å²) < 4.78 is 28.9. The Hall–Kier alpha value is -0.780. The molecule has 0 saturated heterocycles. The molecule has 2 aromatic carbocycles. The fraction of sp³-hybridized carbons (Fsp3) is 0.200. The second kappa shape index (κ2) is 5.92. The highest BCUT2D eigenvalue weighted by molar-refractivity contribution is 9.10. The first kappa shape index (κ1) is 15.6. The maximum atomic E-state index is 14.0. The highest BCUT2D eigenvalue weighted by Crippen LogP contribution is 2.33. The predicted octanol–water partition coefficient (Wildman–Crippen LogP) is 5.19. The first-order valence-corrected chi connectivity index (χ1v) is 7.49. The van der Waals surface area contributed by atoms with Gasteiger partial charge < -0.3 is 5.11 Å². The van der Waals surface area contributed by atoms with Gasteiger partial charge in [-0.05, 0) is 58.6 Å². The van der Waals surface area contributed by atoms with Gasteiger partial charge >= 0.3 is 0 Å². The lowest BCUT2D eigenvalue weighted by Crippen LogP contribution is -2.07. The smallest absolute Gasteiger partial charge is 0.146 e. The summed E-state index contributed by atoms with van der Waals surface area (Å²) in [5, 5.41) is 10.3. The van der Waals surface area contributed by atoms with E-state index in [1.807, 2.05) is 13.8 Å². The number of aryl methyl sites for hydroxylation is 2. The molecule has 1 unspecified atom stereocenters. The molecule has 0 amide bonds. The van der Waals surface area contributed by atoms with Crippen molar-refractivity contribution in [1.29, 1.82) is 0 Å². The molecule has 0 spiro atoms. The minimum absolute atomic E-state index is 0.124. The molecule has 0 heterocycles. The second-order valence-electron chi connectivity index (χ2n) is 4.63. The molecule has 0 radical (unpaired) electrons. The average Bonchev–Trinajstić information content (AvgIpc) is 2.40. The van der Waals surface area contributed by atoms with Crippen LogP contribution >= 0.6 is 31.9 Å². The SMILES string of the molecule is Cc1cc(C(O)c2c(F)ccc(Br)c2F)cc(C)c1Br. The van der Waals surface area contributed by atoms with E-state index in [9.17, 15) is 13.9 Å². The monoisotopic (exact) mass is 404 g/mol. The van der Waals surface area contributed by atoms with E-state index in [1.54, 1.807) is 12.1 Å². The number of hydrogen-bond acceptors (Lipinski definition) is 1. The van der Waals surface area contributed by atoms with Crippen molar-refractivity contribution in [3.05, 3.63) is 67.1 Å². The lowest BCUT2D eigenvalue weighted by Gasteiger charge is -2.16. The molecule has 2 aromatic rings. The van der Waals surface area contributed by atoms with Gasteiger partial charge in [0.05, 0.1) is 10.0 Å². The minimum Gasteiger partial charge on any atom is -0.383 e. The summed E-state index contributed by atoms with van der Waals surface area (Å²) in [6.45, 7) is 3.72. The molecule has 20 heavy (non-hydrogen) atoms. The standard InChI is InChI=1S/C15H12Br2F2O/c1-7-5-9(6-8(2)13(7)17)15(20)12-11(18)4-3-10(16)14(12)19/h3-6,15,20H,1-2H3. The Morgan fingerprint density at radius 2 is 1.60 bits per heavy atom. The van der Waals surface area contributed by atoms with Gasteiger partial charge in [-0.3, -0.25) is 0 Å². The van der Waals surface area contributed by atoms with Crippen LogP contribution < -0.4 is 0 Å². The van der Waals surface area contributed by atoms with Gasteiger partial charge in [-0.2, -0.15) is 0 Å². The second-order valence-corrected chi connectivity index (χ2v) is 6.28. The number of aliphatic hydroxyl groups excluding tert-OH is 1. The highest BCUT2D eigenvalue weighted by Gasteiger charge is 2.22. The third-order valence-electron chi connectivity index (χ3n) is 3.13. The number of halogens is 4. The molecule has 0 aliphatic rings. The molecule has 0 aliphatic heterocycles. The molecule has 0 saturated carbocycles. The average molecular weight is 406 g/mol. The van der Waals surface area contributed by atoms with Crippen molar-refractivity contribution >= 4 is 31.9 Å². The van der Waals surface area contributed by atoms with E-state index >= 15 is 0 Å². The topological polar surface area (TPSA) is 20.2 Å². The largest absolute Gasteiger partial charge is 0.383 e. The summed E-state index contributed by atoms with van der Waals surface area (Å²) >= 11 is 6.42. The zero-order valence-electron chi connectivity index (χ0n) is 10.8. The molecule has 0 fully saturated rings. The summed E-state index contributed by atoms with van der Waals surface area (Å²) in [5.74, 6) is -1.55. The minimum atomic E-state index is -1.35. The predicted molar refractivity (Wildman–Crippen MR) is 81.7 cm³/mol. The molecule has 0 bridgehead atoms. The summed E-state index contributed by atoms with van der Waals surface area (Å²) in [5.41, 5.74) is 1.91. The number of aliphatic hydroxyl groups is 1. The Morgan fingerprint density at radius 3 is 2.15 bits per heavy atom. The van der Waals surface area contributed by atoms with Gasteiger partial charge in [-0.1, -0.05) is 28.1 Å². The number of rotatable bonds is 2. The van der Waals surface area contributed by atoms with Crippen LogP contribution in [0.2, 0.25) is 0 Å². The fourth-order valence-electron chi connectivity index (χ4n) is 2.10. The molecule has 0 aliphatic carbocycles. The third kappa shape index (κ3) is 2.80. The Bertz CT molecular complexity index is 648. The van der Waals surface area contributed by atoms with Crippen LogP contribution in [0.4, 0.5) is 8.78 Å². The summed E-state index contributed by atoms with van der Waals surface area (Å²) in [4.78, 5) is 0. The maximum absolute atomic E-state index is 14.0. The van der Waals surface area contributed by atoms with E-state index in [0.29, 0.717) is 5.56 Å². The quantitative estimate of drug-likeness (QED) is 0.681. The fourth-order valence-corrected chi connectivity index (χ4v) is 2.67. The Morgan fingerprint density at radius 1 is 1.05 bits per heavy atom. The summed E-state index contributed by atoms with van der Waals surface area (Å²) in [6.07, 6.45) is -1.35. The van der Waals surface area contributed by atoms with Crippen LogP contribution in [0.25, 0.3) is 0 Å². The van der Waals surface area contributed by atoms with Crippen LogP contribution in [0.5, 0.6) is 0 Å². The lowest BCUT2D eigenvalue weighted by molar-refractivity contribution is 0.208. The molecular weight excluding hydrogens is 394 g/mol. The van der Waals surface area contributed by atoms with E-state index in [1.165, 1.54) is 6.07 Å². The molecule has 0 aromatic heterocycles. The van der Waals surface area contributed by atoms with Gasteiger partial charge in [0, 0.05) is 4.47 Å². The molecule has 1 N–H and O–H groups in total.